The predicted octanol–water partition coefficient (Wildman–Crippen LogP) is 2.90. The van der Waals surface area contributed by atoms with E-state index < -0.39 is 0 Å². The van der Waals surface area contributed by atoms with Crippen LogP contribution < -0.4 is 10.6 Å². The zero-order valence-electron chi connectivity index (χ0n) is 12.0. The van der Waals surface area contributed by atoms with E-state index in [0.29, 0.717) is 6.04 Å². The Balaban J connectivity index is 1.81. The third-order valence-corrected chi connectivity index (χ3v) is 5.59. The maximum absolute atomic E-state index is 12.2. The average Bonchev–Trinajstić information content (AvgIpc) is 2.74. The van der Waals surface area contributed by atoms with Crippen molar-refractivity contribution < 1.29 is 4.79 Å². The van der Waals surface area contributed by atoms with Crippen LogP contribution in [0.4, 0.5) is 5.13 Å². The van der Waals surface area contributed by atoms with E-state index in [9.17, 15) is 4.79 Å². The predicted molar refractivity (Wildman–Crippen MR) is 84.4 cm³/mol. The van der Waals surface area contributed by atoms with Crippen molar-refractivity contribution in [2.75, 3.05) is 12.4 Å². The summed E-state index contributed by atoms with van der Waals surface area (Å²) in [5.41, 5.74) is 0. The number of rotatable bonds is 5. The average molecular weight is 314 g/mol. The molecule has 0 saturated heterocycles. The van der Waals surface area contributed by atoms with Crippen molar-refractivity contribution >= 4 is 34.1 Å². The Kier molecular flexibility index (Phi) is 6.09. The van der Waals surface area contributed by atoms with Crippen LogP contribution in [0, 0.1) is 0 Å². The minimum absolute atomic E-state index is 0.114. The first kappa shape index (κ1) is 15.6. The first-order valence-electron chi connectivity index (χ1n) is 7.17. The van der Waals surface area contributed by atoms with E-state index >= 15 is 0 Å². The Labute approximate surface area is 128 Å². The molecule has 1 atom stereocenters. The largest absolute Gasteiger partial charge is 0.363 e. The number of anilines is 1. The van der Waals surface area contributed by atoms with Crippen LogP contribution in [0.5, 0.6) is 0 Å². The standard InChI is InChI=1S/C13H22N4OS2/c1-9(19-13-17-16-12(14-2)20-13)11(18)15-10-7-5-3-4-6-8-10/h9-10H,3-8H2,1-2H3,(H,14,16)(H,15,18)/t9-/m0/s1. The molecule has 0 aromatic carbocycles. The highest BCUT2D eigenvalue weighted by Crippen LogP contribution is 2.29. The van der Waals surface area contributed by atoms with Gasteiger partial charge in [0.1, 0.15) is 0 Å². The van der Waals surface area contributed by atoms with Gasteiger partial charge in [-0.3, -0.25) is 4.79 Å². The second kappa shape index (κ2) is 7.83. The molecule has 1 heterocycles. The van der Waals surface area contributed by atoms with E-state index in [-0.39, 0.29) is 11.2 Å². The van der Waals surface area contributed by atoms with Gasteiger partial charge in [-0.1, -0.05) is 48.8 Å². The zero-order valence-corrected chi connectivity index (χ0v) is 13.6. The number of amides is 1. The molecule has 0 spiro atoms. The molecule has 1 aliphatic rings. The van der Waals surface area contributed by atoms with Gasteiger partial charge in [-0.2, -0.15) is 0 Å². The van der Waals surface area contributed by atoms with Crippen LogP contribution in [0.2, 0.25) is 0 Å². The number of thioether (sulfide) groups is 1. The molecule has 1 saturated carbocycles. The molecular weight excluding hydrogens is 292 g/mol. The van der Waals surface area contributed by atoms with E-state index in [0.717, 1.165) is 22.3 Å². The lowest BCUT2D eigenvalue weighted by molar-refractivity contribution is -0.121. The van der Waals surface area contributed by atoms with Crippen LogP contribution in [0.1, 0.15) is 45.4 Å². The molecule has 1 aromatic heterocycles. The van der Waals surface area contributed by atoms with Gasteiger partial charge in [0, 0.05) is 13.1 Å². The Morgan fingerprint density at radius 2 is 2.00 bits per heavy atom. The zero-order chi connectivity index (χ0) is 14.4. The van der Waals surface area contributed by atoms with Gasteiger partial charge in [0.05, 0.1) is 5.25 Å². The summed E-state index contributed by atoms with van der Waals surface area (Å²) in [4.78, 5) is 12.2. The summed E-state index contributed by atoms with van der Waals surface area (Å²) in [6, 6.07) is 0.357. The number of carbonyl (C=O) groups excluding carboxylic acids is 1. The SMILES string of the molecule is CNc1nnc(S[C@@H](C)C(=O)NC2CCCCCC2)s1. The Bertz CT molecular complexity index is 430. The van der Waals surface area contributed by atoms with Crippen molar-refractivity contribution in [2.45, 2.75) is 61.1 Å². The van der Waals surface area contributed by atoms with E-state index in [2.05, 4.69) is 20.8 Å². The number of hydrogen-bond donors (Lipinski definition) is 2. The van der Waals surface area contributed by atoms with Crippen molar-refractivity contribution in [1.82, 2.24) is 15.5 Å². The van der Waals surface area contributed by atoms with Gasteiger partial charge in [0.15, 0.2) is 4.34 Å². The van der Waals surface area contributed by atoms with Crippen LogP contribution in [0.25, 0.3) is 0 Å². The fourth-order valence-corrected chi connectivity index (χ4v) is 4.16. The summed E-state index contributed by atoms with van der Waals surface area (Å²) < 4.78 is 0.831. The number of aromatic nitrogens is 2. The van der Waals surface area contributed by atoms with Crippen molar-refractivity contribution in [1.29, 1.82) is 0 Å². The molecule has 7 heteroatoms. The Morgan fingerprint density at radius 3 is 2.60 bits per heavy atom. The summed E-state index contributed by atoms with van der Waals surface area (Å²) in [5.74, 6) is 0.114. The summed E-state index contributed by atoms with van der Waals surface area (Å²) in [5, 5.41) is 14.8. The second-order valence-electron chi connectivity index (χ2n) is 5.08. The lowest BCUT2D eigenvalue weighted by Gasteiger charge is -2.18. The third-order valence-electron chi connectivity index (χ3n) is 3.47. The van der Waals surface area contributed by atoms with Crippen molar-refractivity contribution in [3.05, 3.63) is 0 Å². The first-order valence-corrected chi connectivity index (χ1v) is 8.87. The summed E-state index contributed by atoms with van der Waals surface area (Å²) in [6.45, 7) is 1.93. The summed E-state index contributed by atoms with van der Waals surface area (Å²) in [6.07, 6.45) is 7.29. The monoisotopic (exact) mass is 314 g/mol. The van der Waals surface area contributed by atoms with Crippen LogP contribution in [0.15, 0.2) is 4.34 Å². The van der Waals surface area contributed by atoms with E-state index in [1.807, 2.05) is 14.0 Å². The smallest absolute Gasteiger partial charge is 0.233 e. The molecule has 0 unspecified atom stereocenters. The van der Waals surface area contributed by atoms with Gasteiger partial charge < -0.3 is 10.6 Å². The van der Waals surface area contributed by atoms with Crippen LogP contribution in [-0.2, 0) is 4.79 Å². The van der Waals surface area contributed by atoms with E-state index in [1.54, 1.807) is 0 Å². The molecule has 0 radical (unpaired) electrons. The molecule has 20 heavy (non-hydrogen) atoms. The molecule has 112 valence electrons. The third kappa shape index (κ3) is 4.63. The Hall–Kier alpha value is -0.820. The number of carbonyl (C=O) groups is 1. The van der Waals surface area contributed by atoms with Crippen molar-refractivity contribution in [3.63, 3.8) is 0 Å². The molecule has 2 rings (SSSR count). The summed E-state index contributed by atoms with van der Waals surface area (Å²) >= 11 is 2.95. The van der Waals surface area contributed by atoms with Gasteiger partial charge in [0.25, 0.3) is 0 Å². The van der Waals surface area contributed by atoms with E-state index in [4.69, 9.17) is 0 Å². The molecule has 0 aliphatic heterocycles. The molecule has 1 amide bonds. The number of nitrogens with one attached hydrogen (secondary N) is 2. The van der Waals surface area contributed by atoms with Crippen LogP contribution in [0.3, 0.4) is 0 Å². The minimum Gasteiger partial charge on any atom is -0.363 e. The van der Waals surface area contributed by atoms with Gasteiger partial charge in [-0.05, 0) is 19.8 Å². The van der Waals surface area contributed by atoms with Crippen LogP contribution in [-0.4, -0.2) is 34.4 Å². The maximum atomic E-state index is 12.2. The van der Waals surface area contributed by atoms with Gasteiger partial charge >= 0.3 is 0 Å². The maximum Gasteiger partial charge on any atom is 0.233 e. The highest BCUT2D eigenvalue weighted by molar-refractivity contribution is 8.02. The molecule has 1 aromatic rings. The molecule has 5 nitrogen and oxygen atoms in total. The lowest BCUT2D eigenvalue weighted by Crippen LogP contribution is -2.39. The number of nitrogens with zero attached hydrogens (tertiary/aromatic N) is 2. The Morgan fingerprint density at radius 1 is 1.30 bits per heavy atom. The van der Waals surface area contributed by atoms with Gasteiger partial charge in [0.2, 0.25) is 11.0 Å². The van der Waals surface area contributed by atoms with Gasteiger partial charge in [-0.25, -0.2) is 0 Å². The fourth-order valence-electron chi connectivity index (χ4n) is 2.31. The van der Waals surface area contributed by atoms with E-state index in [1.165, 1.54) is 48.8 Å². The first-order chi connectivity index (χ1) is 9.69. The quantitative estimate of drug-likeness (QED) is 0.646. The molecule has 1 aliphatic carbocycles. The second-order valence-corrected chi connectivity index (χ2v) is 7.65. The fraction of sp³-hybridized carbons (Fsp3) is 0.769. The summed E-state index contributed by atoms with van der Waals surface area (Å²) in [7, 11) is 1.82. The highest BCUT2D eigenvalue weighted by Gasteiger charge is 2.21. The van der Waals surface area contributed by atoms with Crippen molar-refractivity contribution in [3.8, 4) is 0 Å². The minimum atomic E-state index is -0.129. The molecular formula is C13H22N4OS2. The van der Waals surface area contributed by atoms with Gasteiger partial charge in [-0.15, -0.1) is 10.2 Å². The molecule has 2 N–H and O–H groups in total. The topological polar surface area (TPSA) is 66.9 Å². The molecule has 0 bridgehead atoms. The van der Waals surface area contributed by atoms with Crippen LogP contribution >= 0.6 is 23.1 Å². The van der Waals surface area contributed by atoms with Crippen molar-refractivity contribution in [2.24, 2.45) is 0 Å². The molecule has 1 fully saturated rings. The lowest BCUT2D eigenvalue weighted by atomic mass is 10.1. The normalized spacial score (nSPS) is 18.3. The highest BCUT2D eigenvalue weighted by atomic mass is 32.2. The number of hydrogen-bond acceptors (Lipinski definition) is 6.